The lowest BCUT2D eigenvalue weighted by molar-refractivity contribution is -0.144. The Labute approximate surface area is 231 Å². The van der Waals surface area contributed by atoms with Gasteiger partial charge in [-0.2, -0.15) is 0 Å². The zero-order valence-electron chi connectivity index (χ0n) is 21.6. The summed E-state index contributed by atoms with van der Waals surface area (Å²) in [5, 5.41) is 14.7. The fourth-order valence-electron chi connectivity index (χ4n) is 4.78. The van der Waals surface area contributed by atoms with Crippen molar-refractivity contribution in [2.45, 2.75) is 77.5 Å². The van der Waals surface area contributed by atoms with Gasteiger partial charge in [0.15, 0.2) is 0 Å². The van der Waals surface area contributed by atoms with Crippen molar-refractivity contribution in [2.75, 3.05) is 13.2 Å². The van der Waals surface area contributed by atoms with Crippen LogP contribution in [0.15, 0.2) is 36.4 Å². The minimum atomic E-state index is -0.747. The maximum absolute atomic E-state index is 12.1. The van der Waals surface area contributed by atoms with E-state index >= 15 is 0 Å². The first kappa shape index (κ1) is 30.7. The zero-order chi connectivity index (χ0) is 25.8. The summed E-state index contributed by atoms with van der Waals surface area (Å²) in [5.74, 6) is 0.0531. The molecule has 0 heterocycles. The quantitative estimate of drug-likeness (QED) is 0.313. The van der Waals surface area contributed by atoms with Crippen LogP contribution in [0.3, 0.4) is 0 Å². The molecule has 2 aromatic carbocycles. The maximum Gasteiger partial charge on any atom is 0.313 e. The van der Waals surface area contributed by atoms with E-state index in [0.717, 1.165) is 19.3 Å². The molecule has 5 nitrogen and oxygen atoms in total. The molecule has 1 unspecified atom stereocenters. The van der Waals surface area contributed by atoms with Crippen LogP contribution in [0.1, 0.15) is 63.6 Å². The van der Waals surface area contributed by atoms with Gasteiger partial charge in [-0.1, -0.05) is 53.5 Å². The molecule has 0 saturated carbocycles. The summed E-state index contributed by atoms with van der Waals surface area (Å²) >= 11 is 12.9. The van der Waals surface area contributed by atoms with Crippen molar-refractivity contribution >= 4 is 41.6 Å². The lowest BCUT2D eigenvalue weighted by atomic mass is 9.88. The summed E-state index contributed by atoms with van der Waals surface area (Å²) in [6.45, 7) is 10.3. The number of ether oxygens (including phenoxy) is 2. The van der Waals surface area contributed by atoms with Gasteiger partial charge in [-0.05, 0) is 82.6 Å². The van der Waals surface area contributed by atoms with Gasteiger partial charge in [0.1, 0.15) is 23.0 Å². The van der Waals surface area contributed by atoms with Gasteiger partial charge in [0, 0.05) is 12.1 Å². The van der Waals surface area contributed by atoms with Crippen LogP contribution in [-0.2, 0) is 22.4 Å². The van der Waals surface area contributed by atoms with E-state index in [9.17, 15) is 9.90 Å². The van der Waals surface area contributed by atoms with Gasteiger partial charge in [-0.25, -0.2) is 0 Å². The Morgan fingerprint density at radius 1 is 1.11 bits per heavy atom. The van der Waals surface area contributed by atoms with Gasteiger partial charge in [0.2, 0.25) is 0 Å². The van der Waals surface area contributed by atoms with Gasteiger partial charge in [-0.3, -0.25) is 4.79 Å². The molecule has 36 heavy (non-hydrogen) atoms. The lowest BCUT2D eigenvalue weighted by Gasteiger charge is -2.32. The third kappa shape index (κ3) is 7.75. The number of fused-ring (bicyclic) bond motifs is 1. The van der Waals surface area contributed by atoms with Crippen molar-refractivity contribution in [3.63, 3.8) is 0 Å². The molecule has 8 heteroatoms. The van der Waals surface area contributed by atoms with Gasteiger partial charge in [0.05, 0.1) is 17.5 Å². The number of rotatable bonds is 11. The summed E-state index contributed by atoms with van der Waals surface area (Å²) in [4.78, 5) is 12.1. The maximum atomic E-state index is 12.1. The van der Waals surface area contributed by atoms with Crippen LogP contribution in [0.25, 0.3) is 0 Å². The topological polar surface area (TPSA) is 67.8 Å². The molecule has 1 aliphatic carbocycles. The highest BCUT2D eigenvalue weighted by molar-refractivity contribution is 6.43. The Hall–Kier alpha value is -1.50. The molecule has 0 saturated heterocycles. The van der Waals surface area contributed by atoms with E-state index in [1.165, 1.54) is 11.1 Å². The van der Waals surface area contributed by atoms with Crippen LogP contribution in [0.2, 0.25) is 10.0 Å². The van der Waals surface area contributed by atoms with Crippen LogP contribution in [-0.4, -0.2) is 42.0 Å². The van der Waals surface area contributed by atoms with Crippen molar-refractivity contribution < 1.29 is 19.4 Å². The van der Waals surface area contributed by atoms with Crippen molar-refractivity contribution in [3.8, 4) is 5.75 Å². The number of nitrogens with one attached hydrogen (secondary N) is 1. The molecule has 0 aromatic heterocycles. The molecule has 200 valence electrons. The lowest BCUT2D eigenvalue weighted by Crippen LogP contribution is -2.48. The number of β-amino-alcohol motifs (C(OH)–C–C–N with tert-alkyl or cyclic N) is 1. The highest BCUT2D eigenvalue weighted by Crippen LogP contribution is 2.39. The smallest absolute Gasteiger partial charge is 0.313 e. The van der Waals surface area contributed by atoms with Gasteiger partial charge >= 0.3 is 5.97 Å². The number of halogens is 3. The van der Waals surface area contributed by atoms with Crippen molar-refractivity contribution in [3.05, 3.63) is 63.1 Å². The average molecular weight is 559 g/mol. The van der Waals surface area contributed by atoms with Crippen molar-refractivity contribution in [1.29, 1.82) is 0 Å². The summed E-state index contributed by atoms with van der Waals surface area (Å²) in [6, 6.07) is 12.1. The number of carbonyl (C=O) groups is 1. The number of aliphatic hydroxyl groups is 1. The molecule has 0 bridgehead atoms. The van der Waals surface area contributed by atoms with Crippen LogP contribution in [0.5, 0.6) is 5.75 Å². The predicted octanol–water partition coefficient (Wildman–Crippen LogP) is 6.38. The van der Waals surface area contributed by atoms with E-state index in [1.807, 2.05) is 0 Å². The monoisotopic (exact) mass is 557 g/mol. The number of benzene rings is 2. The van der Waals surface area contributed by atoms with Crippen LogP contribution < -0.4 is 10.1 Å². The molecular formula is C28H38Cl3NO4. The molecule has 3 rings (SSSR count). The van der Waals surface area contributed by atoms with Gasteiger partial charge in [-0.15, -0.1) is 12.4 Å². The summed E-state index contributed by atoms with van der Waals surface area (Å²) in [7, 11) is 0. The van der Waals surface area contributed by atoms with Crippen LogP contribution >= 0.6 is 35.6 Å². The normalized spacial score (nSPS) is 16.0. The average Bonchev–Trinajstić information content (AvgIpc) is 3.21. The Morgan fingerprint density at radius 3 is 2.31 bits per heavy atom. The predicted molar refractivity (Wildman–Crippen MR) is 149 cm³/mol. The number of hydrogen-bond donors (Lipinski definition) is 2. The fourth-order valence-corrected chi connectivity index (χ4v) is 5.32. The molecule has 2 aromatic rings. The zero-order valence-corrected chi connectivity index (χ0v) is 24.0. The van der Waals surface area contributed by atoms with E-state index in [0.29, 0.717) is 30.4 Å². The number of esters is 1. The Morgan fingerprint density at radius 2 is 1.72 bits per heavy atom. The highest BCUT2D eigenvalue weighted by atomic mass is 35.5. The second kappa shape index (κ2) is 13.3. The SMILES string of the molecule is CCOC(=O)C(C)c1ccc(O[C@H](C)[C@@H](O)CNC(C)(C)CC2Cc3ccccc3C2)c(Cl)c1Cl.Cl. The van der Waals surface area contributed by atoms with E-state index in [2.05, 4.69) is 43.4 Å². The van der Waals surface area contributed by atoms with E-state index in [1.54, 1.807) is 32.9 Å². The number of carbonyl (C=O) groups excluding carboxylic acids is 1. The van der Waals surface area contributed by atoms with Crippen molar-refractivity contribution in [1.82, 2.24) is 5.32 Å². The molecule has 0 aliphatic heterocycles. The highest BCUT2D eigenvalue weighted by Gasteiger charge is 2.29. The van der Waals surface area contributed by atoms with Crippen LogP contribution in [0, 0.1) is 5.92 Å². The summed E-state index contributed by atoms with van der Waals surface area (Å²) in [6.07, 6.45) is 1.96. The molecular weight excluding hydrogens is 521 g/mol. The molecule has 0 amide bonds. The number of aliphatic hydroxyl groups excluding tert-OH is 1. The third-order valence-corrected chi connectivity index (χ3v) is 7.64. The molecule has 1 aliphatic rings. The second-order valence-corrected chi connectivity index (χ2v) is 10.9. The first-order valence-corrected chi connectivity index (χ1v) is 13.1. The van der Waals surface area contributed by atoms with Gasteiger partial charge < -0.3 is 19.9 Å². The molecule has 3 atom stereocenters. The minimum absolute atomic E-state index is 0. The first-order chi connectivity index (χ1) is 16.5. The minimum Gasteiger partial charge on any atom is -0.486 e. The van der Waals surface area contributed by atoms with E-state index in [-0.39, 0.29) is 34.0 Å². The van der Waals surface area contributed by atoms with Crippen molar-refractivity contribution in [2.24, 2.45) is 5.92 Å². The Balaban J connectivity index is 0.00000456. The fraction of sp³-hybridized carbons (Fsp3) is 0.536. The molecule has 2 N–H and O–H groups in total. The Kier molecular flexibility index (Phi) is 11.4. The van der Waals surface area contributed by atoms with E-state index < -0.39 is 18.1 Å². The number of hydrogen-bond acceptors (Lipinski definition) is 5. The second-order valence-electron chi connectivity index (χ2n) is 10.2. The first-order valence-electron chi connectivity index (χ1n) is 12.3. The Bertz CT molecular complexity index is 1000. The largest absolute Gasteiger partial charge is 0.486 e. The molecule has 0 spiro atoms. The molecule has 0 radical (unpaired) electrons. The molecule has 0 fully saturated rings. The standard InChI is InChI=1S/C28H37Cl2NO4.ClH/c1-6-34-27(33)17(2)22-11-12-24(26(30)25(22)29)35-18(3)23(32)16-31-28(4,5)15-19-13-20-9-7-8-10-21(20)14-19;/h7-12,17-19,23,31-32H,6,13-16H2,1-5H3;1H/t17?,18-,23+;/m1./s1. The van der Waals surface area contributed by atoms with Gasteiger partial charge in [0.25, 0.3) is 0 Å². The summed E-state index contributed by atoms with van der Waals surface area (Å²) in [5.41, 5.74) is 3.36. The van der Waals surface area contributed by atoms with Crippen LogP contribution in [0.4, 0.5) is 0 Å². The van der Waals surface area contributed by atoms with E-state index in [4.69, 9.17) is 32.7 Å². The third-order valence-electron chi connectivity index (χ3n) is 6.76. The summed E-state index contributed by atoms with van der Waals surface area (Å²) < 4.78 is 11.0.